The van der Waals surface area contributed by atoms with Crippen molar-refractivity contribution in [1.29, 1.82) is 0 Å². The minimum absolute atomic E-state index is 0.109. The molecule has 0 heterocycles. The first kappa shape index (κ1) is 13.1. The van der Waals surface area contributed by atoms with Gasteiger partial charge in [-0.1, -0.05) is 6.92 Å². The lowest BCUT2D eigenvalue weighted by Gasteiger charge is -2.22. The highest BCUT2D eigenvalue weighted by molar-refractivity contribution is 6.07. The van der Waals surface area contributed by atoms with Crippen molar-refractivity contribution in [3.8, 4) is 0 Å². The summed E-state index contributed by atoms with van der Waals surface area (Å²) in [6.45, 7) is 2.15. The molecule has 0 radical (unpaired) electrons. The number of hydrogen-bond acceptors (Lipinski definition) is 4. The summed E-state index contributed by atoms with van der Waals surface area (Å²) in [5.74, 6) is -1.68. The van der Waals surface area contributed by atoms with E-state index in [0.717, 1.165) is 0 Å². The smallest absolute Gasteiger partial charge is 0.331 e. The van der Waals surface area contributed by atoms with E-state index in [1.807, 2.05) is 6.92 Å². The van der Waals surface area contributed by atoms with Gasteiger partial charge in [-0.3, -0.25) is 4.79 Å². The average Bonchev–Trinajstić information content (AvgIpc) is 2.14. The fourth-order valence-electron chi connectivity index (χ4n) is 1.20. The van der Waals surface area contributed by atoms with Gasteiger partial charge in [0.15, 0.2) is 11.3 Å². The minimum atomic E-state index is -1.74. The summed E-state index contributed by atoms with van der Waals surface area (Å²) in [6, 6.07) is 0. The highest BCUT2D eigenvalue weighted by Gasteiger charge is 2.40. The number of carbonyl (C=O) groups excluding carboxylic acids is 1. The molecule has 0 bridgehead atoms. The Balaban J connectivity index is 4.53. The van der Waals surface area contributed by atoms with E-state index < -0.39 is 17.3 Å². The Labute approximate surface area is 83.5 Å². The Hall–Kier alpha value is -0.940. The van der Waals surface area contributed by atoms with E-state index in [2.05, 4.69) is 0 Å². The summed E-state index contributed by atoms with van der Waals surface area (Å²) in [4.78, 5) is 22.3. The number of nitrogens with two attached hydrogens (primary N) is 2. The Morgan fingerprint density at radius 2 is 2.00 bits per heavy atom. The maximum absolute atomic E-state index is 11.5. The van der Waals surface area contributed by atoms with Crippen molar-refractivity contribution in [2.75, 3.05) is 6.54 Å². The quantitative estimate of drug-likeness (QED) is 0.499. The second kappa shape index (κ2) is 5.72. The number of hydrogen-bond donors (Lipinski definition) is 3. The molecule has 5 nitrogen and oxygen atoms in total. The van der Waals surface area contributed by atoms with E-state index in [4.69, 9.17) is 16.6 Å². The molecule has 5 N–H and O–H groups in total. The highest BCUT2D eigenvalue weighted by atomic mass is 16.4. The minimum Gasteiger partial charge on any atom is -0.480 e. The van der Waals surface area contributed by atoms with E-state index in [9.17, 15) is 9.59 Å². The first-order valence-electron chi connectivity index (χ1n) is 4.74. The van der Waals surface area contributed by atoms with Crippen LogP contribution in [0.1, 0.15) is 32.6 Å². The molecule has 0 amide bonds. The van der Waals surface area contributed by atoms with Gasteiger partial charge in [-0.25, -0.2) is 4.79 Å². The molecule has 0 aliphatic carbocycles. The van der Waals surface area contributed by atoms with Crippen LogP contribution in [0.5, 0.6) is 0 Å². The Kier molecular flexibility index (Phi) is 5.34. The van der Waals surface area contributed by atoms with E-state index in [-0.39, 0.29) is 12.8 Å². The molecule has 14 heavy (non-hydrogen) atoms. The van der Waals surface area contributed by atoms with Crippen LogP contribution < -0.4 is 11.5 Å². The number of rotatable bonds is 7. The molecule has 0 aromatic heterocycles. The molecule has 5 heteroatoms. The third kappa shape index (κ3) is 3.08. The molecule has 0 aliphatic heterocycles. The van der Waals surface area contributed by atoms with Crippen LogP contribution in [0.15, 0.2) is 0 Å². The van der Waals surface area contributed by atoms with E-state index in [1.165, 1.54) is 0 Å². The van der Waals surface area contributed by atoms with E-state index in [0.29, 0.717) is 19.4 Å². The molecule has 0 rings (SSSR count). The summed E-state index contributed by atoms with van der Waals surface area (Å²) in [5.41, 5.74) is 9.06. The van der Waals surface area contributed by atoms with Crippen LogP contribution in [-0.4, -0.2) is 28.9 Å². The number of Topliss-reactive ketones (excluding diaryl/α,β-unsaturated/α-hetero) is 1. The largest absolute Gasteiger partial charge is 0.480 e. The fourth-order valence-corrected chi connectivity index (χ4v) is 1.20. The maximum Gasteiger partial charge on any atom is 0.331 e. The standard InChI is InChI=1S/C9H18N2O3/c1-2-4-7(12)9(11,8(13)14)5-3-6-10/h2-6,10-11H2,1H3,(H,13,14)/t9-/m1/s1. The molecule has 0 aromatic carbocycles. The number of carboxylic acid groups (broad SMARTS) is 1. The van der Waals surface area contributed by atoms with Crippen molar-refractivity contribution < 1.29 is 14.7 Å². The lowest BCUT2D eigenvalue weighted by atomic mass is 9.87. The van der Waals surface area contributed by atoms with Crippen LogP contribution in [-0.2, 0) is 9.59 Å². The van der Waals surface area contributed by atoms with Gasteiger partial charge in [-0.2, -0.15) is 0 Å². The number of carbonyl (C=O) groups is 2. The third-order valence-corrected chi connectivity index (χ3v) is 2.13. The predicted molar refractivity (Wildman–Crippen MR) is 52.8 cm³/mol. The SMILES string of the molecule is CCCC(=O)[C@](N)(CCCN)C(=O)O. The van der Waals surface area contributed by atoms with Gasteiger partial charge in [-0.05, 0) is 25.8 Å². The Morgan fingerprint density at radius 3 is 2.36 bits per heavy atom. The van der Waals surface area contributed by atoms with Crippen molar-refractivity contribution in [1.82, 2.24) is 0 Å². The molecule has 82 valence electrons. The summed E-state index contributed by atoms with van der Waals surface area (Å²) in [7, 11) is 0. The van der Waals surface area contributed by atoms with Crippen LogP contribution in [0.2, 0.25) is 0 Å². The zero-order valence-electron chi connectivity index (χ0n) is 8.45. The predicted octanol–water partition coefficient (Wildman–Crippen LogP) is -0.123. The summed E-state index contributed by atoms with van der Waals surface area (Å²) < 4.78 is 0. The molecule has 1 atom stereocenters. The van der Waals surface area contributed by atoms with Gasteiger partial charge in [0.2, 0.25) is 0 Å². The number of carboxylic acids is 1. The van der Waals surface area contributed by atoms with Crippen LogP contribution in [0.25, 0.3) is 0 Å². The first-order chi connectivity index (χ1) is 6.49. The van der Waals surface area contributed by atoms with Crippen molar-refractivity contribution in [3.05, 3.63) is 0 Å². The van der Waals surface area contributed by atoms with Crippen LogP contribution >= 0.6 is 0 Å². The van der Waals surface area contributed by atoms with Crippen molar-refractivity contribution in [2.45, 2.75) is 38.1 Å². The maximum atomic E-state index is 11.5. The van der Waals surface area contributed by atoms with Crippen LogP contribution in [0.4, 0.5) is 0 Å². The average molecular weight is 202 g/mol. The normalized spacial score (nSPS) is 14.8. The van der Waals surface area contributed by atoms with Gasteiger partial charge >= 0.3 is 5.97 Å². The molecule has 0 aliphatic rings. The molecular formula is C9H18N2O3. The molecule has 0 fully saturated rings. The molecular weight excluding hydrogens is 184 g/mol. The fraction of sp³-hybridized carbons (Fsp3) is 0.778. The van der Waals surface area contributed by atoms with Gasteiger partial charge in [0, 0.05) is 6.42 Å². The van der Waals surface area contributed by atoms with Gasteiger partial charge in [0.05, 0.1) is 0 Å². The van der Waals surface area contributed by atoms with Crippen molar-refractivity contribution in [2.24, 2.45) is 11.5 Å². The monoisotopic (exact) mass is 202 g/mol. The van der Waals surface area contributed by atoms with Gasteiger partial charge < -0.3 is 16.6 Å². The summed E-state index contributed by atoms with van der Waals surface area (Å²) in [6.07, 6.45) is 1.36. The summed E-state index contributed by atoms with van der Waals surface area (Å²) >= 11 is 0. The molecule has 0 saturated heterocycles. The van der Waals surface area contributed by atoms with Gasteiger partial charge in [0.25, 0.3) is 0 Å². The van der Waals surface area contributed by atoms with Crippen LogP contribution in [0.3, 0.4) is 0 Å². The summed E-state index contributed by atoms with van der Waals surface area (Å²) in [5, 5.41) is 8.87. The topological polar surface area (TPSA) is 106 Å². The van der Waals surface area contributed by atoms with Gasteiger partial charge in [0.1, 0.15) is 0 Å². The van der Waals surface area contributed by atoms with E-state index >= 15 is 0 Å². The highest BCUT2D eigenvalue weighted by Crippen LogP contribution is 2.14. The number of ketones is 1. The molecule has 0 aromatic rings. The number of aliphatic carboxylic acids is 1. The van der Waals surface area contributed by atoms with Gasteiger partial charge in [-0.15, -0.1) is 0 Å². The van der Waals surface area contributed by atoms with E-state index in [1.54, 1.807) is 0 Å². The second-order valence-corrected chi connectivity index (χ2v) is 3.34. The molecule has 0 saturated carbocycles. The Bertz CT molecular complexity index is 218. The lowest BCUT2D eigenvalue weighted by molar-refractivity contribution is -0.148. The van der Waals surface area contributed by atoms with Crippen LogP contribution in [0, 0.1) is 0 Å². The third-order valence-electron chi connectivity index (χ3n) is 2.13. The zero-order chi connectivity index (χ0) is 11.2. The second-order valence-electron chi connectivity index (χ2n) is 3.34. The first-order valence-corrected chi connectivity index (χ1v) is 4.74. The lowest BCUT2D eigenvalue weighted by Crippen LogP contribution is -2.55. The zero-order valence-corrected chi connectivity index (χ0v) is 8.45. The van der Waals surface area contributed by atoms with Crippen molar-refractivity contribution in [3.63, 3.8) is 0 Å². The van der Waals surface area contributed by atoms with Crippen molar-refractivity contribution >= 4 is 11.8 Å². The Morgan fingerprint density at radius 1 is 1.43 bits per heavy atom. The molecule has 0 unspecified atom stereocenters. The molecule has 0 spiro atoms.